The lowest BCUT2D eigenvalue weighted by Gasteiger charge is -2.43. The van der Waals surface area contributed by atoms with E-state index in [4.69, 9.17) is 0 Å². The van der Waals surface area contributed by atoms with Gasteiger partial charge < -0.3 is 14.7 Å². The second-order valence-corrected chi connectivity index (χ2v) is 27.8. The molecule has 0 N–H and O–H groups in total. The third-order valence-corrected chi connectivity index (χ3v) is 19.3. The summed E-state index contributed by atoms with van der Waals surface area (Å²) in [5.41, 5.74) is 32.1. The number of anilines is 5. The summed E-state index contributed by atoms with van der Waals surface area (Å²) in [7, 11) is 0. The minimum atomic E-state index is -0.142. The zero-order chi connectivity index (χ0) is 66.1. The highest BCUT2D eigenvalue weighted by Crippen LogP contribution is 2.54. The van der Waals surface area contributed by atoms with Crippen LogP contribution in [0.15, 0.2) is 244 Å². The van der Waals surface area contributed by atoms with Gasteiger partial charge in [-0.2, -0.15) is 0 Å². The summed E-state index contributed by atoms with van der Waals surface area (Å²) < 4.78 is 0. The van der Waals surface area contributed by atoms with Crippen LogP contribution in [-0.4, -0.2) is 0 Å². The lowest BCUT2D eigenvalue weighted by atomic mass is 9.81. The van der Waals surface area contributed by atoms with Crippen molar-refractivity contribution >= 4 is 63.5 Å². The highest BCUT2D eigenvalue weighted by Gasteiger charge is 2.37. The number of fused-ring (bicyclic) bond motifs is 4. The van der Waals surface area contributed by atoms with E-state index in [0.29, 0.717) is 0 Å². The van der Waals surface area contributed by atoms with E-state index in [1.165, 1.54) is 128 Å². The molecule has 6 aliphatic rings. The maximum atomic E-state index is 2.73. The first-order valence-corrected chi connectivity index (χ1v) is 35.7. The van der Waals surface area contributed by atoms with Gasteiger partial charge in [0.15, 0.2) is 0 Å². The molecule has 0 saturated carbocycles. The largest absolute Gasteiger partial charge is 0.333 e. The molecule has 0 radical (unpaired) electrons. The van der Waals surface area contributed by atoms with Crippen LogP contribution < -0.4 is 14.7 Å². The summed E-state index contributed by atoms with van der Waals surface area (Å²) in [4.78, 5) is 9.23. The molecule has 4 aliphatic carbocycles. The normalized spacial score (nSPS) is 17.5. The van der Waals surface area contributed by atoms with Crippen molar-refractivity contribution in [3.05, 3.63) is 284 Å². The monoisotopic (exact) mass is 1240 g/mol. The Labute approximate surface area is 564 Å². The van der Waals surface area contributed by atoms with Crippen LogP contribution in [0.2, 0.25) is 0 Å². The Morgan fingerprint density at radius 1 is 0.645 bits per heavy atom. The van der Waals surface area contributed by atoms with E-state index in [0.717, 1.165) is 62.7 Å². The van der Waals surface area contributed by atoms with Crippen LogP contribution in [-0.2, 0) is 17.3 Å². The van der Waals surface area contributed by atoms with Gasteiger partial charge in [-0.1, -0.05) is 263 Å². The van der Waals surface area contributed by atoms with Crippen molar-refractivity contribution in [3.8, 4) is 22.3 Å². The molecule has 0 amide bonds. The predicted molar refractivity (Wildman–Crippen MR) is 411 cm³/mol. The Balaban J connectivity index is 0.00000153. The number of hydrogen-bond acceptors (Lipinski definition) is 4. The van der Waals surface area contributed by atoms with Gasteiger partial charge in [0.25, 0.3) is 0 Å². The maximum Gasteiger partial charge on any atom is 0.0649 e. The first-order chi connectivity index (χ1) is 45.1. The highest BCUT2D eigenvalue weighted by atomic mass is 32.2. The zero-order valence-electron chi connectivity index (χ0n) is 58.8. The van der Waals surface area contributed by atoms with Crippen LogP contribution in [0.1, 0.15) is 206 Å². The van der Waals surface area contributed by atoms with Crippen molar-refractivity contribution in [2.75, 3.05) is 14.7 Å². The molecule has 0 spiro atoms. The zero-order valence-corrected chi connectivity index (χ0v) is 59.6. The fourth-order valence-electron chi connectivity index (χ4n) is 14.2. The van der Waals surface area contributed by atoms with Crippen LogP contribution >= 0.6 is 11.8 Å². The first-order valence-electron chi connectivity index (χ1n) is 34.8. The summed E-state index contributed by atoms with van der Waals surface area (Å²) in [5, 5.41) is 2.48. The average molecular weight is 1240 g/mol. The van der Waals surface area contributed by atoms with Crippen molar-refractivity contribution in [2.24, 2.45) is 0 Å². The van der Waals surface area contributed by atoms with Crippen LogP contribution in [0.25, 0.3) is 45.6 Å². The summed E-state index contributed by atoms with van der Waals surface area (Å²) in [6.45, 7) is 35.1. The van der Waals surface area contributed by atoms with Gasteiger partial charge in [-0.3, -0.25) is 0 Å². The molecule has 2 aliphatic heterocycles. The molecule has 2 heterocycles. The van der Waals surface area contributed by atoms with Gasteiger partial charge in [-0.15, -0.1) is 0 Å². The van der Waals surface area contributed by atoms with Gasteiger partial charge >= 0.3 is 0 Å². The Morgan fingerprint density at radius 3 is 2.06 bits per heavy atom. The summed E-state index contributed by atoms with van der Waals surface area (Å²) >= 11 is 1.88. The second kappa shape index (κ2) is 29.8. The molecule has 478 valence electrons. The second-order valence-electron chi connectivity index (χ2n) is 26.9. The SMILES string of the molecule is C/C=C\c1c(C=C(C)C)ccc(N(C2=CCCC=C2)c2ccc3c(c2)N(C2=CC=C(c4cccc5c4C4=C(CCC=C4)C5)CC2)C2=C\Sc4cc(C(C)(C)C)ccc4N(c4ccc(-c5ccccc5)c(C(C)(C)C)c4)C3C/C(C)=C\2)c1-c1ccccc1.CC.CC.CC. The van der Waals surface area contributed by atoms with E-state index in [9.17, 15) is 0 Å². The number of thioether (sulfide) groups is 1. The van der Waals surface area contributed by atoms with E-state index in [1.807, 2.05) is 53.3 Å². The predicted octanol–water partition coefficient (Wildman–Crippen LogP) is 26.9. The van der Waals surface area contributed by atoms with Crippen molar-refractivity contribution in [3.63, 3.8) is 0 Å². The number of rotatable bonds is 10. The summed E-state index contributed by atoms with van der Waals surface area (Å²) in [6.07, 6.45) is 34.3. The summed E-state index contributed by atoms with van der Waals surface area (Å²) in [6, 6.07) is 55.9. The van der Waals surface area contributed by atoms with E-state index in [-0.39, 0.29) is 16.9 Å². The molecule has 4 heteroatoms. The highest BCUT2D eigenvalue weighted by molar-refractivity contribution is 8.02. The maximum absolute atomic E-state index is 2.73. The molecule has 1 unspecified atom stereocenters. The Morgan fingerprint density at radius 2 is 1.39 bits per heavy atom. The van der Waals surface area contributed by atoms with Gasteiger partial charge in [0.1, 0.15) is 0 Å². The molecule has 7 aromatic rings. The van der Waals surface area contributed by atoms with Gasteiger partial charge in [0, 0.05) is 38.6 Å². The number of benzene rings is 7. The van der Waals surface area contributed by atoms with Crippen molar-refractivity contribution in [1.82, 2.24) is 0 Å². The van der Waals surface area contributed by atoms with E-state index in [1.54, 1.807) is 5.57 Å². The third kappa shape index (κ3) is 14.1. The molecule has 2 bridgehead atoms. The topological polar surface area (TPSA) is 9.72 Å². The molecule has 0 fully saturated rings. The average Bonchev–Trinajstić information content (AvgIpc) is 1.14. The van der Waals surface area contributed by atoms with E-state index >= 15 is 0 Å². The standard InChI is InChI=1S/C83H83N3S.3C2H6/c1-11-24-70-61(47-55(2)3)37-45-76(81(70)59-27-17-13-18-28-59)84(64-31-19-14-20-32-64)67-42-44-73-77-49-56(4)48-68(85(78(73)53-67)65-39-35-58(36-40-65)71-34-23-30-62-50-60-29-21-22-33-72(60)80(62)71)54-87-79-51-63(82(5,6)7)38-46-75(79)86(77)66-41-43-69(57-25-15-12-16-26-57)74(52-66)83(8,9)10;3*1-2/h11-13,15-19,22-28,30-35,37-39,41-48,51-54,77H,14,20-21,29,36,40,49-50H2,1-10H3;3*1-2H3/b24-11-,56-48-,68-54-;;;. The first kappa shape index (κ1) is 67.6. The molecular weight excluding hydrogens is 1140 g/mol. The molecule has 13 rings (SSSR count). The van der Waals surface area contributed by atoms with Gasteiger partial charge in [0.05, 0.1) is 28.8 Å². The number of hydrogen-bond donors (Lipinski definition) is 0. The van der Waals surface area contributed by atoms with E-state index in [2.05, 4.69) is 302 Å². The van der Waals surface area contributed by atoms with Crippen LogP contribution in [0.4, 0.5) is 28.4 Å². The lowest BCUT2D eigenvalue weighted by Crippen LogP contribution is -2.32. The molecule has 7 aromatic carbocycles. The van der Waals surface area contributed by atoms with Crippen LogP contribution in [0, 0.1) is 0 Å². The minimum Gasteiger partial charge on any atom is -0.333 e. The van der Waals surface area contributed by atoms with E-state index < -0.39 is 0 Å². The Hall–Kier alpha value is -8.31. The fraction of sp³-hybridized carbons (Fsp3) is 0.303. The fourth-order valence-corrected chi connectivity index (χ4v) is 15.1. The van der Waals surface area contributed by atoms with Crippen molar-refractivity contribution in [1.29, 1.82) is 0 Å². The molecule has 0 saturated heterocycles. The molecule has 93 heavy (non-hydrogen) atoms. The van der Waals surface area contributed by atoms with Crippen molar-refractivity contribution in [2.45, 2.75) is 184 Å². The lowest BCUT2D eigenvalue weighted by molar-refractivity contribution is 0.587. The Kier molecular flexibility index (Phi) is 21.6. The van der Waals surface area contributed by atoms with Crippen LogP contribution in [0.5, 0.6) is 0 Å². The quantitative estimate of drug-likeness (QED) is 0.135. The van der Waals surface area contributed by atoms with Crippen LogP contribution in [0.3, 0.4) is 0 Å². The molecule has 0 aromatic heterocycles. The van der Waals surface area contributed by atoms with Gasteiger partial charge in [-0.25, -0.2) is 0 Å². The van der Waals surface area contributed by atoms with Gasteiger partial charge in [0.2, 0.25) is 0 Å². The molecular formula is C89H101N3S. The van der Waals surface area contributed by atoms with Crippen molar-refractivity contribution < 1.29 is 0 Å². The summed E-state index contributed by atoms with van der Waals surface area (Å²) in [5.74, 6) is 0. The third-order valence-electron chi connectivity index (χ3n) is 18.4. The molecule has 1 atom stereocenters. The Bertz CT molecular complexity index is 4180. The number of allylic oxidation sites excluding steroid dienone is 14. The minimum absolute atomic E-state index is 0.0447. The molecule has 3 nitrogen and oxygen atoms in total. The van der Waals surface area contributed by atoms with Gasteiger partial charge in [-0.05, 0) is 223 Å². The number of nitrogens with zero attached hydrogens (tertiary/aromatic N) is 3. The smallest absolute Gasteiger partial charge is 0.0649 e.